The van der Waals surface area contributed by atoms with Crippen molar-refractivity contribution >= 4 is 5.65 Å². The summed E-state index contributed by atoms with van der Waals surface area (Å²) in [5.41, 5.74) is 3.97. The van der Waals surface area contributed by atoms with Crippen LogP contribution in [0.3, 0.4) is 0 Å². The van der Waals surface area contributed by atoms with Crippen LogP contribution in [0.2, 0.25) is 0 Å². The largest absolute Gasteiger partial charge is 0.236 e. The molecule has 4 aromatic rings. The van der Waals surface area contributed by atoms with E-state index in [4.69, 9.17) is 0 Å². The van der Waals surface area contributed by atoms with Crippen molar-refractivity contribution in [1.29, 1.82) is 0 Å². The number of nitrogens with zero attached hydrogens (tertiary/aromatic N) is 3. The van der Waals surface area contributed by atoms with Crippen LogP contribution in [-0.2, 0) is 0 Å². The quantitative estimate of drug-likeness (QED) is 0.551. The molecule has 0 aliphatic rings. The summed E-state index contributed by atoms with van der Waals surface area (Å²) in [6.07, 6.45) is 3.38. The van der Waals surface area contributed by atoms with Crippen LogP contribution in [0.5, 0.6) is 0 Å². The molecule has 0 atom stereocenters. The molecule has 0 unspecified atom stereocenters. The molecule has 0 amide bonds. The Morgan fingerprint density at radius 2 is 1.35 bits per heavy atom. The monoisotopic (exact) mass is 307 g/mol. The molecule has 2 aromatic carbocycles. The van der Waals surface area contributed by atoms with E-state index in [1.807, 2.05) is 6.07 Å². The van der Waals surface area contributed by atoms with Crippen LogP contribution in [0.4, 0.5) is 8.78 Å². The van der Waals surface area contributed by atoms with E-state index in [0.29, 0.717) is 5.65 Å². The Morgan fingerprint density at radius 1 is 0.739 bits per heavy atom. The van der Waals surface area contributed by atoms with Gasteiger partial charge in [-0.15, -0.1) is 0 Å². The highest BCUT2D eigenvalue weighted by Gasteiger charge is 2.11. The van der Waals surface area contributed by atoms with Gasteiger partial charge in [-0.25, -0.2) is 18.3 Å². The van der Waals surface area contributed by atoms with Gasteiger partial charge >= 0.3 is 0 Å². The van der Waals surface area contributed by atoms with Gasteiger partial charge in [-0.2, -0.15) is 5.10 Å². The van der Waals surface area contributed by atoms with Gasteiger partial charge in [0.2, 0.25) is 0 Å². The Labute approximate surface area is 130 Å². The van der Waals surface area contributed by atoms with Crippen molar-refractivity contribution in [3.8, 4) is 22.4 Å². The molecule has 0 N–H and O–H groups in total. The molecule has 0 aliphatic carbocycles. The van der Waals surface area contributed by atoms with E-state index >= 15 is 0 Å². The zero-order valence-electron chi connectivity index (χ0n) is 11.9. The highest BCUT2D eigenvalue weighted by Crippen LogP contribution is 2.27. The summed E-state index contributed by atoms with van der Waals surface area (Å²) in [4.78, 5) is 4.38. The van der Waals surface area contributed by atoms with Crippen LogP contribution in [0.15, 0.2) is 67.0 Å². The second kappa shape index (κ2) is 5.28. The second-order valence-corrected chi connectivity index (χ2v) is 5.14. The summed E-state index contributed by atoms with van der Waals surface area (Å²) < 4.78 is 27.9. The maximum Gasteiger partial charge on any atom is 0.163 e. The topological polar surface area (TPSA) is 30.2 Å². The van der Waals surface area contributed by atoms with E-state index in [0.717, 1.165) is 22.4 Å². The van der Waals surface area contributed by atoms with Crippen LogP contribution < -0.4 is 0 Å². The van der Waals surface area contributed by atoms with Crippen molar-refractivity contribution in [3.63, 3.8) is 0 Å². The normalized spacial score (nSPS) is 11.0. The van der Waals surface area contributed by atoms with Crippen LogP contribution >= 0.6 is 0 Å². The number of fused-ring (bicyclic) bond motifs is 1. The Balaban J connectivity index is 1.89. The molecule has 2 aromatic heterocycles. The van der Waals surface area contributed by atoms with Crippen LogP contribution in [0.25, 0.3) is 28.0 Å². The smallest absolute Gasteiger partial charge is 0.163 e. The molecule has 0 fully saturated rings. The van der Waals surface area contributed by atoms with Crippen LogP contribution in [0, 0.1) is 11.6 Å². The molecular formula is C18H11F2N3. The Kier molecular flexibility index (Phi) is 3.12. The van der Waals surface area contributed by atoms with Crippen molar-refractivity contribution < 1.29 is 8.78 Å². The Bertz CT molecular complexity index is 974. The van der Waals surface area contributed by atoms with Gasteiger partial charge < -0.3 is 0 Å². The zero-order chi connectivity index (χ0) is 15.8. The fraction of sp³-hybridized carbons (Fsp3) is 0. The third-order valence-corrected chi connectivity index (χ3v) is 3.70. The lowest BCUT2D eigenvalue weighted by Crippen LogP contribution is -1.95. The second-order valence-electron chi connectivity index (χ2n) is 5.14. The standard InChI is InChI=1S/C18H11F2N3/c19-14-5-1-12(2-6-14)16-11-22-23-17(9-10-21-18(16)23)13-3-7-15(20)8-4-13/h1-11H. The number of hydrogen-bond donors (Lipinski definition) is 0. The number of hydrogen-bond acceptors (Lipinski definition) is 2. The molecule has 23 heavy (non-hydrogen) atoms. The zero-order valence-corrected chi connectivity index (χ0v) is 11.9. The van der Waals surface area contributed by atoms with Gasteiger partial charge in [0, 0.05) is 17.3 Å². The first-order chi connectivity index (χ1) is 11.2. The molecule has 0 bridgehead atoms. The minimum absolute atomic E-state index is 0.286. The van der Waals surface area contributed by atoms with E-state index in [1.165, 1.54) is 24.3 Å². The SMILES string of the molecule is Fc1ccc(-c2cnn3c(-c4ccc(F)cc4)ccnc23)cc1. The lowest BCUT2D eigenvalue weighted by molar-refractivity contribution is 0.627. The molecule has 0 spiro atoms. The number of benzene rings is 2. The first-order valence-electron chi connectivity index (χ1n) is 7.07. The third kappa shape index (κ3) is 2.36. The van der Waals surface area contributed by atoms with Gasteiger partial charge in [0.05, 0.1) is 11.9 Å². The van der Waals surface area contributed by atoms with Gasteiger partial charge in [0.25, 0.3) is 0 Å². The summed E-state index contributed by atoms with van der Waals surface area (Å²) >= 11 is 0. The van der Waals surface area contributed by atoms with Crippen molar-refractivity contribution in [2.24, 2.45) is 0 Å². The highest BCUT2D eigenvalue weighted by molar-refractivity contribution is 5.78. The first kappa shape index (κ1) is 13.6. The first-order valence-corrected chi connectivity index (χ1v) is 7.07. The molecular weight excluding hydrogens is 296 g/mol. The van der Waals surface area contributed by atoms with E-state index in [9.17, 15) is 8.78 Å². The average Bonchev–Trinajstić information content (AvgIpc) is 3.00. The Morgan fingerprint density at radius 3 is 2.00 bits per heavy atom. The van der Waals surface area contributed by atoms with Crippen molar-refractivity contribution in [3.05, 3.63) is 78.6 Å². The summed E-state index contributed by atoms with van der Waals surface area (Å²) in [5.74, 6) is -0.572. The minimum atomic E-state index is -0.287. The average molecular weight is 307 g/mol. The molecule has 0 saturated heterocycles. The van der Waals surface area contributed by atoms with E-state index in [2.05, 4.69) is 10.1 Å². The van der Waals surface area contributed by atoms with E-state index < -0.39 is 0 Å². The maximum absolute atomic E-state index is 13.1. The number of halogens is 2. The summed E-state index contributed by atoms with van der Waals surface area (Å²) in [6.45, 7) is 0. The molecule has 0 saturated carbocycles. The maximum atomic E-state index is 13.1. The minimum Gasteiger partial charge on any atom is -0.236 e. The number of aromatic nitrogens is 3. The lowest BCUT2D eigenvalue weighted by Gasteiger charge is -2.05. The summed E-state index contributed by atoms with van der Waals surface area (Å²) in [7, 11) is 0. The molecule has 5 heteroatoms. The molecule has 0 radical (unpaired) electrons. The van der Waals surface area contributed by atoms with Crippen molar-refractivity contribution in [2.75, 3.05) is 0 Å². The fourth-order valence-corrected chi connectivity index (χ4v) is 2.56. The van der Waals surface area contributed by atoms with Crippen LogP contribution in [0.1, 0.15) is 0 Å². The predicted molar refractivity (Wildman–Crippen MR) is 83.8 cm³/mol. The molecule has 2 heterocycles. The summed E-state index contributed by atoms with van der Waals surface area (Å²) in [5, 5.41) is 4.38. The van der Waals surface area contributed by atoms with E-state index in [-0.39, 0.29) is 11.6 Å². The van der Waals surface area contributed by atoms with Crippen molar-refractivity contribution in [2.45, 2.75) is 0 Å². The summed E-state index contributed by atoms with van der Waals surface area (Å²) in [6, 6.07) is 14.2. The Hall–Kier alpha value is -3.08. The fourth-order valence-electron chi connectivity index (χ4n) is 2.56. The van der Waals surface area contributed by atoms with E-state index in [1.54, 1.807) is 41.2 Å². The highest BCUT2D eigenvalue weighted by atomic mass is 19.1. The van der Waals surface area contributed by atoms with Crippen molar-refractivity contribution in [1.82, 2.24) is 14.6 Å². The van der Waals surface area contributed by atoms with Gasteiger partial charge in [0.15, 0.2) is 5.65 Å². The molecule has 4 rings (SSSR count). The van der Waals surface area contributed by atoms with Crippen LogP contribution in [-0.4, -0.2) is 14.6 Å². The third-order valence-electron chi connectivity index (χ3n) is 3.70. The molecule has 112 valence electrons. The molecule has 3 nitrogen and oxygen atoms in total. The molecule has 0 aliphatic heterocycles. The lowest BCUT2D eigenvalue weighted by atomic mass is 10.1. The number of rotatable bonds is 2. The van der Waals surface area contributed by atoms with Gasteiger partial charge in [-0.1, -0.05) is 12.1 Å². The predicted octanol–water partition coefficient (Wildman–Crippen LogP) is 4.34. The van der Waals surface area contributed by atoms with Gasteiger partial charge in [-0.3, -0.25) is 0 Å². The van der Waals surface area contributed by atoms with Gasteiger partial charge in [-0.05, 0) is 48.0 Å². The van der Waals surface area contributed by atoms with Gasteiger partial charge in [0.1, 0.15) is 11.6 Å².